The number of benzene rings is 1. The zero-order valence-electron chi connectivity index (χ0n) is 13.0. The number of ether oxygens (including phenoxy) is 2. The largest absolute Gasteiger partial charge is 0.493 e. The number of thiocarbonyl (C=S) groups is 1. The van der Waals surface area contributed by atoms with Gasteiger partial charge in [-0.15, -0.1) is 0 Å². The molecule has 1 fully saturated rings. The van der Waals surface area contributed by atoms with Gasteiger partial charge in [0.05, 0.1) is 25.2 Å². The van der Waals surface area contributed by atoms with Crippen LogP contribution >= 0.6 is 12.2 Å². The fourth-order valence-corrected chi connectivity index (χ4v) is 2.73. The van der Waals surface area contributed by atoms with Gasteiger partial charge in [-0.1, -0.05) is 12.2 Å². The topological polar surface area (TPSA) is 51.9 Å². The lowest BCUT2D eigenvalue weighted by Crippen LogP contribution is -2.36. The van der Waals surface area contributed by atoms with Crippen LogP contribution in [0.2, 0.25) is 0 Å². The van der Waals surface area contributed by atoms with Gasteiger partial charge in [-0.3, -0.25) is 4.79 Å². The molecule has 23 heavy (non-hydrogen) atoms. The van der Waals surface area contributed by atoms with Crippen LogP contribution in [-0.4, -0.2) is 38.3 Å². The molecule has 0 saturated carbocycles. The van der Waals surface area contributed by atoms with Crippen LogP contribution in [0, 0.1) is 6.92 Å². The van der Waals surface area contributed by atoms with E-state index in [0.717, 1.165) is 24.4 Å². The minimum Gasteiger partial charge on any atom is -0.493 e. The summed E-state index contributed by atoms with van der Waals surface area (Å²) in [5, 5.41) is 2.22. The van der Waals surface area contributed by atoms with Crippen molar-refractivity contribution in [2.24, 2.45) is 0 Å². The lowest BCUT2D eigenvalue weighted by atomic mass is 10.1. The number of aryl methyl sites for hydroxylation is 1. The van der Waals surface area contributed by atoms with Crippen LogP contribution < -0.4 is 15.1 Å². The second-order valence-electron chi connectivity index (χ2n) is 5.42. The van der Waals surface area contributed by atoms with Gasteiger partial charge >= 0.3 is 0 Å². The first kappa shape index (κ1) is 16.0. The summed E-state index contributed by atoms with van der Waals surface area (Å²) in [6.45, 7) is 5.14. The molecule has 1 aliphatic rings. The van der Waals surface area contributed by atoms with E-state index in [4.69, 9.17) is 26.1 Å². The van der Waals surface area contributed by atoms with Crippen LogP contribution in [0.4, 0.5) is 5.88 Å². The average Bonchev–Trinajstić information content (AvgIpc) is 2.58. The summed E-state index contributed by atoms with van der Waals surface area (Å²) in [5.41, 5.74) is 1.37. The fraction of sp³-hybridized carbons (Fsp3) is 0.412. The van der Waals surface area contributed by atoms with Crippen molar-refractivity contribution in [3.8, 4) is 5.75 Å². The van der Waals surface area contributed by atoms with Crippen LogP contribution in [0.15, 0.2) is 27.4 Å². The molecule has 122 valence electrons. The molecule has 0 radical (unpaired) electrons. The highest BCUT2D eigenvalue weighted by Gasteiger charge is 2.17. The predicted octanol–water partition coefficient (Wildman–Crippen LogP) is 2.71. The molecule has 0 amide bonds. The van der Waals surface area contributed by atoms with Gasteiger partial charge in [-0.2, -0.15) is 0 Å². The van der Waals surface area contributed by atoms with Crippen molar-refractivity contribution in [3.05, 3.63) is 34.0 Å². The van der Waals surface area contributed by atoms with E-state index in [1.165, 1.54) is 0 Å². The minimum absolute atomic E-state index is 0.0405. The van der Waals surface area contributed by atoms with Gasteiger partial charge in [0.25, 0.3) is 0 Å². The Labute approximate surface area is 139 Å². The summed E-state index contributed by atoms with van der Waals surface area (Å²) in [6, 6.07) is 5.12. The van der Waals surface area contributed by atoms with Gasteiger partial charge in [0, 0.05) is 31.1 Å². The van der Waals surface area contributed by atoms with Crippen molar-refractivity contribution in [3.63, 3.8) is 0 Å². The number of fused-ring (bicyclic) bond motifs is 1. The summed E-state index contributed by atoms with van der Waals surface area (Å²) < 4.78 is 17.1. The van der Waals surface area contributed by atoms with E-state index in [0.29, 0.717) is 43.1 Å². The maximum absolute atomic E-state index is 12.4. The standard InChI is InChI=1S/C17H19NO4S/c1-12-15(21-7-2-10-23)4-3-13-14(19)11-16(22-17(12)13)18-5-8-20-9-6-18/h3-4,10-11H,2,5-9H2,1H3. The third kappa shape index (κ3) is 3.38. The highest BCUT2D eigenvalue weighted by molar-refractivity contribution is 7.78. The molecule has 0 spiro atoms. The molecule has 5 nitrogen and oxygen atoms in total. The monoisotopic (exact) mass is 333 g/mol. The fourth-order valence-electron chi connectivity index (χ4n) is 2.64. The molecule has 6 heteroatoms. The Morgan fingerprint density at radius 3 is 2.87 bits per heavy atom. The molecule has 2 heterocycles. The number of anilines is 1. The third-order valence-electron chi connectivity index (χ3n) is 3.90. The SMILES string of the molecule is Cc1c(OCCC=S)ccc2c(=O)cc(N3CCOCC3)oc12. The lowest BCUT2D eigenvalue weighted by molar-refractivity contribution is 0.121. The Morgan fingerprint density at radius 1 is 1.35 bits per heavy atom. The van der Waals surface area contributed by atoms with Crippen LogP contribution in [0.5, 0.6) is 5.75 Å². The Morgan fingerprint density at radius 2 is 2.13 bits per heavy atom. The van der Waals surface area contributed by atoms with E-state index in [-0.39, 0.29) is 5.43 Å². The minimum atomic E-state index is -0.0405. The Kier molecular flexibility index (Phi) is 4.93. The lowest BCUT2D eigenvalue weighted by Gasteiger charge is -2.27. The van der Waals surface area contributed by atoms with Crippen molar-refractivity contribution >= 4 is 34.4 Å². The first-order chi connectivity index (χ1) is 11.2. The van der Waals surface area contributed by atoms with Crippen LogP contribution in [0.25, 0.3) is 11.0 Å². The van der Waals surface area contributed by atoms with Gasteiger partial charge in [-0.25, -0.2) is 0 Å². The molecule has 1 aromatic heterocycles. The summed E-state index contributed by atoms with van der Waals surface area (Å²) in [6.07, 6.45) is 0.699. The Balaban J connectivity index is 2.00. The normalized spacial score (nSPS) is 14.9. The number of morpholine rings is 1. The van der Waals surface area contributed by atoms with Crippen LogP contribution in [0.1, 0.15) is 12.0 Å². The van der Waals surface area contributed by atoms with Crippen LogP contribution in [0.3, 0.4) is 0 Å². The zero-order chi connectivity index (χ0) is 16.2. The maximum atomic E-state index is 12.4. The molecule has 0 N–H and O–H groups in total. The summed E-state index contributed by atoms with van der Waals surface area (Å²) in [7, 11) is 0. The molecular weight excluding hydrogens is 314 g/mol. The zero-order valence-corrected chi connectivity index (χ0v) is 13.9. The number of nitrogens with zero attached hydrogens (tertiary/aromatic N) is 1. The van der Waals surface area contributed by atoms with Crippen molar-refractivity contribution in [2.45, 2.75) is 13.3 Å². The third-order valence-corrected chi connectivity index (χ3v) is 4.13. The molecule has 0 atom stereocenters. The van der Waals surface area contributed by atoms with Crippen molar-refractivity contribution < 1.29 is 13.9 Å². The highest BCUT2D eigenvalue weighted by Crippen LogP contribution is 2.28. The van der Waals surface area contributed by atoms with E-state index < -0.39 is 0 Å². The van der Waals surface area contributed by atoms with Crippen LogP contribution in [-0.2, 0) is 4.74 Å². The second-order valence-corrected chi connectivity index (χ2v) is 5.75. The van der Waals surface area contributed by atoms with Crippen molar-refractivity contribution in [1.29, 1.82) is 0 Å². The molecule has 2 aromatic rings. The van der Waals surface area contributed by atoms with E-state index >= 15 is 0 Å². The number of hydrogen-bond donors (Lipinski definition) is 0. The molecule has 0 bridgehead atoms. The predicted molar refractivity (Wildman–Crippen MR) is 94.0 cm³/mol. The smallest absolute Gasteiger partial charge is 0.200 e. The van der Waals surface area contributed by atoms with Gasteiger partial charge in [0.15, 0.2) is 11.3 Å². The molecule has 3 rings (SSSR count). The van der Waals surface area contributed by atoms with Crippen molar-refractivity contribution in [2.75, 3.05) is 37.8 Å². The molecule has 0 unspecified atom stereocenters. The summed E-state index contributed by atoms with van der Waals surface area (Å²) >= 11 is 4.80. The van der Waals surface area contributed by atoms with E-state index in [2.05, 4.69) is 0 Å². The molecular formula is C17H19NO4S. The van der Waals surface area contributed by atoms with E-state index in [1.807, 2.05) is 17.9 Å². The molecule has 1 saturated heterocycles. The van der Waals surface area contributed by atoms with Gasteiger partial charge in [0.1, 0.15) is 11.3 Å². The Bertz CT molecular complexity index is 765. The first-order valence-corrected chi connectivity index (χ1v) is 8.14. The van der Waals surface area contributed by atoms with E-state index in [9.17, 15) is 4.79 Å². The van der Waals surface area contributed by atoms with Gasteiger partial charge in [-0.05, 0) is 24.4 Å². The highest BCUT2D eigenvalue weighted by atomic mass is 32.1. The number of hydrogen-bond acceptors (Lipinski definition) is 6. The van der Waals surface area contributed by atoms with E-state index in [1.54, 1.807) is 17.5 Å². The first-order valence-electron chi connectivity index (χ1n) is 7.67. The Hall–Kier alpha value is -1.92. The van der Waals surface area contributed by atoms with Gasteiger partial charge in [0.2, 0.25) is 0 Å². The summed E-state index contributed by atoms with van der Waals surface area (Å²) in [4.78, 5) is 14.4. The quantitative estimate of drug-likeness (QED) is 0.619. The molecule has 1 aliphatic heterocycles. The van der Waals surface area contributed by atoms with Gasteiger partial charge < -0.3 is 18.8 Å². The average molecular weight is 333 g/mol. The summed E-state index contributed by atoms with van der Waals surface area (Å²) in [5.74, 6) is 1.31. The van der Waals surface area contributed by atoms with Crippen molar-refractivity contribution in [1.82, 2.24) is 0 Å². The maximum Gasteiger partial charge on any atom is 0.200 e. The second kappa shape index (κ2) is 7.10. The molecule has 0 aliphatic carbocycles. The molecule has 1 aromatic carbocycles. The number of rotatable bonds is 5.